The minimum atomic E-state index is -4.23. The van der Waals surface area contributed by atoms with E-state index >= 15 is 0 Å². The molecule has 2 aromatic rings. The minimum absolute atomic E-state index is 0.109. The fourth-order valence-corrected chi connectivity index (χ4v) is 7.39. The van der Waals surface area contributed by atoms with Gasteiger partial charge in [-0.2, -0.15) is 0 Å². The lowest BCUT2D eigenvalue weighted by Crippen LogP contribution is -2.40. The summed E-state index contributed by atoms with van der Waals surface area (Å²) in [5.41, 5.74) is -0.793. The molecule has 0 radical (unpaired) electrons. The lowest BCUT2D eigenvalue weighted by Gasteiger charge is -2.30. The second-order valence-electron chi connectivity index (χ2n) is 11.2. The van der Waals surface area contributed by atoms with E-state index < -0.39 is 51.8 Å². The summed E-state index contributed by atoms with van der Waals surface area (Å²) in [6, 6.07) is 10.3. The van der Waals surface area contributed by atoms with Gasteiger partial charge in [0.1, 0.15) is 5.82 Å². The molecule has 2 saturated carbocycles. The zero-order valence-electron chi connectivity index (χ0n) is 23.4. The second-order valence-corrected chi connectivity index (χ2v) is 13.1. The highest BCUT2D eigenvalue weighted by Crippen LogP contribution is 2.44. The highest BCUT2D eigenvalue weighted by atomic mass is 32.2. The number of sulfonamides is 1. The van der Waals surface area contributed by atoms with Gasteiger partial charge in [0.05, 0.1) is 10.6 Å². The molecule has 1 heterocycles. The van der Waals surface area contributed by atoms with Gasteiger partial charge in [-0.1, -0.05) is 56.2 Å². The monoisotopic (exact) mass is 592 g/mol. The molecule has 2 aliphatic carbocycles. The van der Waals surface area contributed by atoms with Crippen molar-refractivity contribution in [3.8, 4) is 0 Å². The molecular formula is C31H39F3N2O4S. The Labute approximate surface area is 240 Å². The number of carboxylic acids is 1. The van der Waals surface area contributed by atoms with Gasteiger partial charge in [0.25, 0.3) is 15.9 Å². The van der Waals surface area contributed by atoms with Crippen LogP contribution in [0.3, 0.4) is 0 Å². The molecule has 5 rings (SSSR count). The number of nitrogens with one attached hydrogen (secondary N) is 1. The fraction of sp³-hybridized carbons (Fsp3) is 0.516. The Morgan fingerprint density at radius 3 is 2.05 bits per heavy atom. The zero-order valence-corrected chi connectivity index (χ0v) is 24.2. The molecule has 0 spiro atoms. The Morgan fingerprint density at radius 1 is 0.951 bits per heavy atom. The Morgan fingerprint density at radius 2 is 1.51 bits per heavy atom. The normalized spacial score (nSPS) is 21.0. The molecule has 2 aromatic carbocycles. The van der Waals surface area contributed by atoms with Crippen molar-refractivity contribution >= 4 is 27.3 Å². The smallest absolute Gasteiger partial charge is 0.328 e. The molecule has 0 bridgehead atoms. The van der Waals surface area contributed by atoms with Crippen LogP contribution in [-0.4, -0.2) is 44.0 Å². The minimum Gasteiger partial charge on any atom is -0.478 e. The van der Waals surface area contributed by atoms with Crippen LogP contribution in [0.5, 0.6) is 0 Å². The van der Waals surface area contributed by atoms with Crippen LogP contribution in [0.15, 0.2) is 53.4 Å². The Balaban J connectivity index is 0.000000247. The first-order chi connectivity index (χ1) is 19.5. The van der Waals surface area contributed by atoms with Crippen molar-refractivity contribution in [2.24, 2.45) is 0 Å². The molecule has 2 fully saturated rings. The molecule has 41 heavy (non-hydrogen) atoms. The maximum Gasteiger partial charge on any atom is 0.328 e. The first kappa shape index (κ1) is 31.1. The van der Waals surface area contributed by atoms with E-state index in [1.807, 2.05) is 0 Å². The van der Waals surface area contributed by atoms with Crippen molar-refractivity contribution in [3.05, 3.63) is 65.5 Å². The van der Waals surface area contributed by atoms with Crippen molar-refractivity contribution in [2.75, 3.05) is 10.8 Å². The van der Waals surface area contributed by atoms with Gasteiger partial charge in [0.15, 0.2) is 0 Å². The number of anilines is 1. The van der Waals surface area contributed by atoms with Crippen LogP contribution in [0, 0.1) is 12.7 Å². The number of fused-ring (bicyclic) bond motifs is 1. The Kier molecular flexibility index (Phi) is 10.2. The number of halogens is 3. The zero-order chi connectivity index (χ0) is 29.6. The summed E-state index contributed by atoms with van der Waals surface area (Å²) in [6.45, 7) is 1.17. The standard InChI is InChI=1S/C19H16F3NO4S.C12H23N/c1-12-2-5-14(6-3-12)28(26,27)23-9-8-19(21,22)16(11-18(24)25)15-10-13(20)4-7-17(15)23;1-3-7-11(8-4-1)13-12-9-5-2-6-10-12/h2-7,10-11H,8-9H2,1H3,(H,24,25);11-13H,1-10H2. The number of hydrogen-bond donors (Lipinski definition) is 2. The number of hydrogen-bond acceptors (Lipinski definition) is 4. The summed E-state index contributed by atoms with van der Waals surface area (Å²) < 4.78 is 70.0. The van der Waals surface area contributed by atoms with Crippen LogP contribution < -0.4 is 9.62 Å². The SMILES string of the molecule is C1CCC(NC2CCCCC2)CC1.Cc1ccc(S(=O)(=O)N2CCC(F)(F)C(=CC(=O)O)c3cc(F)ccc32)cc1. The van der Waals surface area contributed by atoms with Crippen LogP contribution in [-0.2, 0) is 14.8 Å². The number of carboxylic acid groups (broad SMARTS) is 1. The maximum absolute atomic E-state index is 14.6. The summed E-state index contributed by atoms with van der Waals surface area (Å²) in [5.74, 6) is -6.18. The molecule has 0 saturated heterocycles. The number of aliphatic carboxylic acids is 1. The van der Waals surface area contributed by atoms with Crippen LogP contribution in [0.25, 0.3) is 5.57 Å². The van der Waals surface area contributed by atoms with E-state index in [0.717, 1.165) is 40.2 Å². The first-order valence-electron chi connectivity index (χ1n) is 14.5. The van der Waals surface area contributed by atoms with Gasteiger partial charge in [-0.05, 0) is 62.9 Å². The molecule has 10 heteroatoms. The van der Waals surface area contributed by atoms with Gasteiger partial charge in [0, 0.05) is 42.3 Å². The Bertz CT molecular complexity index is 1320. The molecule has 0 amide bonds. The van der Waals surface area contributed by atoms with E-state index in [1.165, 1.54) is 76.3 Å². The van der Waals surface area contributed by atoms with Gasteiger partial charge < -0.3 is 10.4 Å². The number of carbonyl (C=O) groups is 1. The van der Waals surface area contributed by atoms with E-state index in [1.54, 1.807) is 19.1 Å². The van der Waals surface area contributed by atoms with Gasteiger partial charge >= 0.3 is 5.97 Å². The highest BCUT2D eigenvalue weighted by molar-refractivity contribution is 7.92. The van der Waals surface area contributed by atoms with E-state index in [0.29, 0.717) is 6.08 Å². The van der Waals surface area contributed by atoms with E-state index in [-0.39, 0.29) is 10.6 Å². The Hall–Kier alpha value is -2.85. The number of alkyl halides is 2. The molecule has 0 atom stereocenters. The summed E-state index contributed by atoms with van der Waals surface area (Å²) in [6.07, 6.45) is 13.9. The number of allylic oxidation sites excluding steroid dienone is 1. The average Bonchev–Trinajstić information content (AvgIpc) is 3.04. The summed E-state index contributed by atoms with van der Waals surface area (Å²) in [7, 11) is -4.23. The molecule has 3 aliphatic rings. The van der Waals surface area contributed by atoms with Gasteiger partial charge in [-0.3, -0.25) is 4.31 Å². The largest absolute Gasteiger partial charge is 0.478 e. The van der Waals surface area contributed by atoms with Crippen molar-refractivity contribution in [1.29, 1.82) is 0 Å². The van der Waals surface area contributed by atoms with Gasteiger partial charge in [-0.15, -0.1) is 0 Å². The van der Waals surface area contributed by atoms with E-state index in [9.17, 15) is 26.4 Å². The quantitative estimate of drug-likeness (QED) is 0.363. The van der Waals surface area contributed by atoms with Crippen LogP contribution in [0.4, 0.5) is 18.9 Å². The molecule has 2 N–H and O–H groups in total. The van der Waals surface area contributed by atoms with Crippen LogP contribution in [0.2, 0.25) is 0 Å². The molecule has 224 valence electrons. The lowest BCUT2D eigenvalue weighted by molar-refractivity contribution is -0.131. The topological polar surface area (TPSA) is 86.7 Å². The highest BCUT2D eigenvalue weighted by Gasteiger charge is 2.43. The predicted octanol–water partition coefficient (Wildman–Crippen LogP) is 7.08. The van der Waals surface area contributed by atoms with Crippen molar-refractivity contribution < 1.29 is 31.5 Å². The van der Waals surface area contributed by atoms with Crippen molar-refractivity contribution in [3.63, 3.8) is 0 Å². The summed E-state index contributed by atoms with van der Waals surface area (Å²) >= 11 is 0. The summed E-state index contributed by atoms with van der Waals surface area (Å²) in [4.78, 5) is 10.9. The predicted molar refractivity (Wildman–Crippen MR) is 154 cm³/mol. The third-order valence-electron chi connectivity index (χ3n) is 8.10. The number of benzene rings is 2. The van der Waals surface area contributed by atoms with E-state index in [2.05, 4.69) is 5.32 Å². The van der Waals surface area contributed by atoms with Gasteiger partial charge in [0.2, 0.25) is 0 Å². The van der Waals surface area contributed by atoms with Crippen LogP contribution >= 0.6 is 0 Å². The average molecular weight is 593 g/mol. The second kappa shape index (κ2) is 13.4. The van der Waals surface area contributed by atoms with Crippen LogP contribution in [0.1, 0.15) is 81.8 Å². The molecular weight excluding hydrogens is 553 g/mol. The summed E-state index contributed by atoms with van der Waals surface area (Å²) in [5, 5.41) is 12.8. The fourth-order valence-electron chi connectivity index (χ4n) is 5.90. The van der Waals surface area contributed by atoms with Crippen molar-refractivity contribution in [1.82, 2.24) is 5.32 Å². The molecule has 6 nitrogen and oxygen atoms in total. The molecule has 0 aromatic heterocycles. The molecule has 0 unspecified atom stereocenters. The lowest BCUT2D eigenvalue weighted by atomic mass is 9.91. The van der Waals surface area contributed by atoms with Crippen molar-refractivity contribution in [2.45, 2.75) is 100 Å². The third kappa shape index (κ3) is 7.92. The number of nitrogens with zero attached hydrogens (tertiary/aromatic N) is 1. The van der Waals surface area contributed by atoms with Gasteiger partial charge in [-0.25, -0.2) is 26.4 Å². The third-order valence-corrected chi connectivity index (χ3v) is 9.93. The van der Waals surface area contributed by atoms with E-state index in [4.69, 9.17) is 5.11 Å². The number of aryl methyl sites for hydroxylation is 1. The molecule has 1 aliphatic heterocycles. The maximum atomic E-state index is 14.6. The number of rotatable bonds is 5. The first-order valence-corrected chi connectivity index (χ1v) is 15.9.